The lowest BCUT2D eigenvalue weighted by molar-refractivity contribution is 0.469. The molecule has 0 heterocycles. The number of aromatic hydroxyl groups is 1. The van der Waals surface area contributed by atoms with Crippen molar-refractivity contribution in [3.05, 3.63) is 35.9 Å². The van der Waals surface area contributed by atoms with E-state index in [0.717, 1.165) is 16.7 Å². The van der Waals surface area contributed by atoms with Crippen LogP contribution in [0.15, 0.2) is 18.7 Å². The summed E-state index contributed by atoms with van der Waals surface area (Å²) in [6.07, 6.45) is 0. The SMILES string of the molecule is C=C(C)c1cc[c]c(O)c1C. The van der Waals surface area contributed by atoms with Gasteiger partial charge >= 0.3 is 0 Å². The van der Waals surface area contributed by atoms with Gasteiger partial charge in [0.1, 0.15) is 5.75 Å². The summed E-state index contributed by atoms with van der Waals surface area (Å²) in [5.74, 6) is 0.213. The van der Waals surface area contributed by atoms with Crippen LogP contribution in [0.3, 0.4) is 0 Å². The smallest absolute Gasteiger partial charge is 0.127 e. The maximum Gasteiger partial charge on any atom is 0.127 e. The Morgan fingerprint density at radius 3 is 2.73 bits per heavy atom. The summed E-state index contributed by atoms with van der Waals surface area (Å²) >= 11 is 0. The highest BCUT2D eigenvalue weighted by Crippen LogP contribution is 2.23. The molecule has 1 nitrogen and oxygen atoms in total. The van der Waals surface area contributed by atoms with Gasteiger partial charge in [-0.25, -0.2) is 0 Å². The molecule has 1 N–H and O–H groups in total. The molecule has 1 rings (SSSR count). The molecule has 0 aliphatic carbocycles. The van der Waals surface area contributed by atoms with Gasteiger partial charge in [-0.2, -0.15) is 0 Å². The van der Waals surface area contributed by atoms with Crippen molar-refractivity contribution >= 4 is 5.57 Å². The van der Waals surface area contributed by atoms with Gasteiger partial charge < -0.3 is 5.11 Å². The summed E-state index contributed by atoms with van der Waals surface area (Å²) in [5, 5.41) is 9.25. The van der Waals surface area contributed by atoms with Crippen LogP contribution in [-0.4, -0.2) is 5.11 Å². The van der Waals surface area contributed by atoms with Crippen molar-refractivity contribution in [2.45, 2.75) is 13.8 Å². The zero-order chi connectivity index (χ0) is 8.43. The molecule has 57 valence electrons. The Labute approximate surface area is 67.0 Å². The van der Waals surface area contributed by atoms with Crippen molar-refractivity contribution in [1.29, 1.82) is 0 Å². The summed E-state index contributed by atoms with van der Waals surface area (Å²) in [4.78, 5) is 0. The van der Waals surface area contributed by atoms with Gasteiger partial charge in [-0.05, 0) is 31.0 Å². The van der Waals surface area contributed by atoms with Crippen LogP contribution in [0, 0.1) is 13.0 Å². The summed E-state index contributed by atoms with van der Waals surface area (Å²) in [5.41, 5.74) is 2.81. The quantitative estimate of drug-likeness (QED) is 0.647. The van der Waals surface area contributed by atoms with Gasteiger partial charge in [-0.3, -0.25) is 0 Å². The minimum atomic E-state index is 0.213. The van der Waals surface area contributed by atoms with Crippen LogP contribution in [0.2, 0.25) is 0 Å². The molecule has 0 aliphatic rings. The molecule has 0 fully saturated rings. The molecule has 1 aromatic carbocycles. The van der Waals surface area contributed by atoms with Gasteiger partial charge in [0.2, 0.25) is 0 Å². The van der Waals surface area contributed by atoms with Crippen LogP contribution in [0.25, 0.3) is 5.57 Å². The minimum Gasteiger partial charge on any atom is -0.507 e. The molecule has 0 aromatic heterocycles. The van der Waals surface area contributed by atoms with Crippen LogP contribution in [0.4, 0.5) is 0 Å². The predicted octanol–water partition coefficient (Wildman–Crippen LogP) is 2.53. The van der Waals surface area contributed by atoms with Gasteiger partial charge in [-0.1, -0.05) is 18.2 Å². The maximum atomic E-state index is 9.25. The number of benzene rings is 1. The Morgan fingerprint density at radius 1 is 1.64 bits per heavy atom. The first-order valence-electron chi connectivity index (χ1n) is 3.49. The first-order chi connectivity index (χ1) is 5.13. The van der Waals surface area contributed by atoms with Crippen LogP contribution in [-0.2, 0) is 0 Å². The standard InChI is InChI=1S/C10H11O/c1-7(2)9-5-4-6-10(11)8(9)3/h4-5,11H,1H2,2-3H3. The summed E-state index contributed by atoms with van der Waals surface area (Å²) < 4.78 is 0. The highest BCUT2D eigenvalue weighted by Gasteiger charge is 2.01. The van der Waals surface area contributed by atoms with E-state index in [1.54, 1.807) is 6.07 Å². The molecule has 0 saturated heterocycles. The largest absolute Gasteiger partial charge is 0.507 e. The van der Waals surface area contributed by atoms with Crippen LogP contribution < -0.4 is 0 Å². The normalized spacial score (nSPS) is 9.64. The number of phenolic OH excluding ortho intramolecular Hbond substituents is 1. The molecule has 0 spiro atoms. The van der Waals surface area contributed by atoms with E-state index in [9.17, 15) is 5.11 Å². The number of hydrogen-bond acceptors (Lipinski definition) is 1. The topological polar surface area (TPSA) is 20.2 Å². The fourth-order valence-electron chi connectivity index (χ4n) is 1.03. The second-order valence-corrected chi connectivity index (χ2v) is 2.65. The zero-order valence-electron chi connectivity index (χ0n) is 6.81. The van der Waals surface area contributed by atoms with Crippen LogP contribution >= 0.6 is 0 Å². The Kier molecular flexibility index (Phi) is 1.99. The predicted molar refractivity (Wildman–Crippen MR) is 46.4 cm³/mol. The fraction of sp³-hybridized carbons (Fsp3) is 0.200. The molecule has 0 atom stereocenters. The van der Waals surface area contributed by atoms with Crippen molar-refractivity contribution in [2.24, 2.45) is 0 Å². The number of allylic oxidation sites excluding steroid dienone is 1. The first kappa shape index (κ1) is 7.86. The van der Waals surface area contributed by atoms with Gasteiger partial charge in [0.15, 0.2) is 0 Å². The molecule has 1 heteroatoms. The van der Waals surface area contributed by atoms with Crippen molar-refractivity contribution in [3.8, 4) is 5.75 Å². The lowest BCUT2D eigenvalue weighted by atomic mass is 10.0. The first-order valence-corrected chi connectivity index (χ1v) is 3.49. The molecule has 11 heavy (non-hydrogen) atoms. The highest BCUT2D eigenvalue weighted by atomic mass is 16.3. The summed E-state index contributed by atoms with van der Waals surface area (Å²) in [6, 6.07) is 6.31. The van der Waals surface area contributed by atoms with Crippen molar-refractivity contribution in [3.63, 3.8) is 0 Å². The Morgan fingerprint density at radius 2 is 2.27 bits per heavy atom. The van der Waals surface area contributed by atoms with E-state index < -0.39 is 0 Å². The molecule has 1 aromatic rings. The molecular formula is C10H11O. The van der Waals surface area contributed by atoms with Gasteiger partial charge in [0.25, 0.3) is 0 Å². The Balaban J connectivity index is 3.27. The summed E-state index contributed by atoms with van der Waals surface area (Å²) in [7, 11) is 0. The molecule has 0 bridgehead atoms. The van der Waals surface area contributed by atoms with E-state index in [4.69, 9.17) is 0 Å². The van der Waals surface area contributed by atoms with E-state index in [2.05, 4.69) is 12.6 Å². The van der Waals surface area contributed by atoms with E-state index in [-0.39, 0.29) is 5.75 Å². The fourth-order valence-corrected chi connectivity index (χ4v) is 1.03. The van der Waals surface area contributed by atoms with E-state index in [1.165, 1.54) is 0 Å². The maximum absolute atomic E-state index is 9.25. The van der Waals surface area contributed by atoms with Crippen LogP contribution in [0.1, 0.15) is 18.1 Å². The van der Waals surface area contributed by atoms with E-state index in [1.807, 2.05) is 19.9 Å². The molecular weight excluding hydrogens is 136 g/mol. The third kappa shape index (κ3) is 1.43. The molecule has 0 amide bonds. The van der Waals surface area contributed by atoms with Gasteiger partial charge in [-0.15, -0.1) is 0 Å². The average molecular weight is 147 g/mol. The number of hydrogen-bond donors (Lipinski definition) is 1. The third-order valence-corrected chi connectivity index (χ3v) is 1.69. The number of phenols is 1. The molecule has 1 radical (unpaired) electrons. The average Bonchev–Trinajstić information content (AvgIpc) is 1.94. The molecule has 0 aliphatic heterocycles. The van der Waals surface area contributed by atoms with Crippen molar-refractivity contribution in [1.82, 2.24) is 0 Å². The van der Waals surface area contributed by atoms with Crippen molar-refractivity contribution < 1.29 is 5.11 Å². The van der Waals surface area contributed by atoms with Gasteiger partial charge in [0, 0.05) is 6.07 Å². The third-order valence-electron chi connectivity index (χ3n) is 1.69. The van der Waals surface area contributed by atoms with Crippen molar-refractivity contribution in [2.75, 3.05) is 0 Å². The lowest BCUT2D eigenvalue weighted by Gasteiger charge is -2.05. The lowest BCUT2D eigenvalue weighted by Crippen LogP contribution is -1.84. The second-order valence-electron chi connectivity index (χ2n) is 2.65. The molecule has 0 saturated carbocycles. The van der Waals surface area contributed by atoms with E-state index in [0.29, 0.717) is 0 Å². The zero-order valence-corrected chi connectivity index (χ0v) is 6.81. The second kappa shape index (κ2) is 2.79. The molecule has 0 unspecified atom stereocenters. The van der Waals surface area contributed by atoms with Crippen LogP contribution in [0.5, 0.6) is 5.75 Å². The van der Waals surface area contributed by atoms with Gasteiger partial charge in [0.05, 0.1) is 0 Å². The number of rotatable bonds is 1. The Bertz CT molecular complexity index is 287. The Hall–Kier alpha value is -1.24. The monoisotopic (exact) mass is 147 g/mol. The summed E-state index contributed by atoms with van der Waals surface area (Å²) in [6.45, 7) is 7.58. The highest BCUT2D eigenvalue weighted by molar-refractivity contribution is 5.66. The minimum absolute atomic E-state index is 0.213. The van der Waals surface area contributed by atoms with E-state index >= 15 is 0 Å².